The number of allylic oxidation sites excluding steroid dienone is 4. The minimum absolute atomic E-state index is 0.127. The molecule has 0 fully saturated rings. The molecule has 1 heteroatoms. The first kappa shape index (κ1) is 7.26. The largest absolute Gasteiger partial charge is 0.290 e. The molecule has 1 rings (SSSR count). The van der Waals surface area contributed by atoms with Gasteiger partial charge in [-0.2, -0.15) is 0 Å². The molecule has 54 valence electrons. The first-order chi connectivity index (χ1) is 4.74. The number of carbonyl (C=O) groups excluding carboxylic acids is 1. The van der Waals surface area contributed by atoms with Gasteiger partial charge in [-0.05, 0) is 31.4 Å². The molecule has 1 atom stereocenters. The molecule has 0 N–H and O–H groups in total. The number of hydrogen-bond acceptors (Lipinski definition) is 1. The smallest absolute Gasteiger partial charge is 0.178 e. The molecule has 0 amide bonds. The van der Waals surface area contributed by atoms with Gasteiger partial charge in [0, 0.05) is 0 Å². The Kier molecular flexibility index (Phi) is 2.05. The molecule has 0 aromatic rings. The molecule has 0 heterocycles. The van der Waals surface area contributed by atoms with Crippen molar-refractivity contribution in [3.05, 3.63) is 23.8 Å². The number of ketones is 1. The predicted molar refractivity (Wildman–Crippen MR) is 41.7 cm³/mol. The van der Waals surface area contributed by atoms with Gasteiger partial charge in [0.1, 0.15) is 0 Å². The van der Waals surface area contributed by atoms with Crippen molar-refractivity contribution in [2.24, 2.45) is 5.92 Å². The van der Waals surface area contributed by atoms with Crippen molar-refractivity contribution in [2.45, 2.75) is 20.3 Å². The Bertz CT molecular complexity index is 199. The van der Waals surface area contributed by atoms with Crippen molar-refractivity contribution in [1.29, 1.82) is 0 Å². The zero-order chi connectivity index (χ0) is 7.56. The van der Waals surface area contributed by atoms with Gasteiger partial charge in [0.15, 0.2) is 5.78 Å². The first-order valence-corrected chi connectivity index (χ1v) is 3.64. The minimum Gasteiger partial charge on any atom is -0.290 e. The Hall–Kier alpha value is -0.850. The van der Waals surface area contributed by atoms with Gasteiger partial charge in [0.25, 0.3) is 0 Å². The van der Waals surface area contributed by atoms with Gasteiger partial charge in [0.2, 0.25) is 0 Å². The van der Waals surface area contributed by atoms with Crippen LogP contribution in [0.4, 0.5) is 0 Å². The van der Waals surface area contributed by atoms with E-state index in [1.54, 1.807) is 12.2 Å². The lowest BCUT2D eigenvalue weighted by molar-refractivity contribution is -0.110. The SMILES string of the molecule is CCC1C=CC(=O)C=C1C. The van der Waals surface area contributed by atoms with Crippen LogP contribution >= 0.6 is 0 Å². The standard InChI is InChI=1S/C9H12O/c1-3-8-4-5-9(10)6-7(8)2/h4-6,8H,3H2,1-2H3. The quantitative estimate of drug-likeness (QED) is 0.539. The molecule has 0 radical (unpaired) electrons. The molecule has 1 nitrogen and oxygen atoms in total. The molecule has 0 aromatic carbocycles. The molecule has 0 saturated heterocycles. The van der Waals surface area contributed by atoms with Gasteiger partial charge < -0.3 is 0 Å². The molecule has 1 aliphatic carbocycles. The fourth-order valence-electron chi connectivity index (χ4n) is 1.20. The van der Waals surface area contributed by atoms with E-state index in [2.05, 4.69) is 6.92 Å². The van der Waals surface area contributed by atoms with E-state index in [0.717, 1.165) is 6.42 Å². The summed E-state index contributed by atoms with van der Waals surface area (Å²) in [6.07, 6.45) is 6.44. The average molecular weight is 136 g/mol. The van der Waals surface area contributed by atoms with Crippen LogP contribution in [0.2, 0.25) is 0 Å². The fourth-order valence-corrected chi connectivity index (χ4v) is 1.20. The highest BCUT2D eigenvalue weighted by molar-refractivity contribution is 6.00. The summed E-state index contributed by atoms with van der Waals surface area (Å²) in [7, 11) is 0. The summed E-state index contributed by atoms with van der Waals surface area (Å²) in [4.78, 5) is 10.8. The van der Waals surface area contributed by atoms with Crippen LogP contribution in [0, 0.1) is 5.92 Å². The van der Waals surface area contributed by atoms with Crippen molar-refractivity contribution < 1.29 is 4.79 Å². The van der Waals surface area contributed by atoms with Gasteiger partial charge in [-0.1, -0.05) is 18.6 Å². The van der Waals surface area contributed by atoms with Gasteiger partial charge >= 0.3 is 0 Å². The molecule has 0 aliphatic heterocycles. The van der Waals surface area contributed by atoms with Crippen molar-refractivity contribution in [3.63, 3.8) is 0 Å². The average Bonchev–Trinajstić information content (AvgIpc) is 1.88. The van der Waals surface area contributed by atoms with Crippen LogP contribution in [0.1, 0.15) is 20.3 Å². The maximum atomic E-state index is 10.8. The third-order valence-electron chi connectivity index (χ3n) is 1.89. The zero-order valence-electron chi connectivity index (χ0n) is 6.42. The van der Waals surface area contributed by atoms with E-state index in [1.165, 1.54) is 5.57 Å². The Labute approximate surface area is 61.4 Å². The lowest BCUT2D eigenvalue weighted by Crippen LogP contribution is -2.04. The van der Waals surface area contributed by atoms with Crippen molar-refractivity contribution in [2.75, 3.05) is 0 Å². The normalized spacial score (nSPS) is 24.8. The monoisotopic (exact) mass is 136 g/mol. The fraction of sp³-hybridized carbons (Fsp3) is 0.444. The summed E-state index contributed by atoms with van der Waals surface area (Å²) in [5, 5.41) is 0. The van der Waals surface area contributed by atoms with Gasteiger partial charge in [-0.25, -0.2) is 0 Å². The van der Waals surface area contributed by atoms with Crippen molar-refractivity contribution in [1.82, 2.24) is 0 Å². The van der Waals surface area contributed by atoms with Crippen LogP contribution in [0.15, 0.2) is 23.8 Å². The second-order valence-electron chi connectivity index (χ2n) is 2.66. The van der Waals surface area contributed by atoms with Gasteiger partial charge in [-0.15, -0.1) is 0 Å². The molecule has 0 spiro atoms. The minimum atomic E-state index is 0.127. The topological polar surface area (TPSA) is 17.1 Å². The maximum absolute atomic E-state index is 10.8. The van der Waals surface area contributed by atoms with Crippen LogP contribution in [-0.4, -0.2) is 5.78 Å². The highest BCUT2D eigenvalue weighted by Gasteiger charge is 2.09. The van der Waals surface area contributed by atoms with Crippen LogP contribution < -0.4 is 0 Å². The maximum Gasteiger partial charge on any atom is 0.178 e. The number of hydrogen-bond donors (Lipinski definition) is 0. The first-order valence-electron chi connectivity index (χ1n) is 3.64. The Morgan fingerprint density at radius 2 is 2.30 bits per heavy atom. The summed E-state index contributed by atoms with van der Waals surface area (Å²) in [6, 6.07) is 0. The highest BCUT2D eigenvalue weighted by atomic mass is 16.1. The molecule has 0 saturated carbocycles. The van der Waals surface area contributed by atoms with Crippen molar-refractivity contribution >= 4 is 5.78 Å². The van der Waals surface area contributed by atoms with Crippen LogP contribution in [-0.2, 0) is 4.79 Å². The highest BCUT2D eigenvalue weighted by Crippen LogP contribution is 2.19. The third-order valence-corrected chi connectivity index (χ3v) is 1.89. The van der Waals surface area contributed by atoms with Crippen LogP contribution in [0.5, 0.6) is 0 Å². The van der Waals surface area contributed by atoms with Gasteiger partial charge in [-0.3, -0.25) is 4.79 Å². The second-order valence-corrected chi connectivity index (χ2v) is 2.66. The lowest BCUT2D eigenvalue weighted by Gasteiger charge is -2.12. The Morgan fingerprint density at radius 3 is 2.80 bits per heavy atom. The molecule has 1 aliphatic rings. The molecular formula is C9H12O. The molecule has 1 unspecified atom stereocenters. The Balaban J connectivity index is 2.75. The summed E-state index contributed by atoms with van der Waals surface area (Å²) < 4.78 is 0. The van der Waals surface area contributed by atoms with E-state index in [9.17, 15) is 4.79 Å². The van der Waals surface area contributed by atoms with Crippen molar-refractivity contribution in [3.8, 4) is 0 Å². The molecule has 0 bridgehead atoms. The predicted octanol–water partition coefficient (Wildman–Crippen LogP) is 2.10. The number of carbonyl (C=O) groups is 1. The number of rotatable bonds is 1. The van der Waals surface area contributed by atoms with E-state index >= 15 is 0 Å². The summed E-state index contributed by atoms with van der Waals surface area (Å²) in [5.74, 6) is 0.625. The summed E-state index contributed by atoms with van der Waals surface area (Å²) >= 11 is 0. The van der Waals surface area contributed by atoms with E-state index in [1.807, 2.05) is 13.0 Å². The second kappa shape index (κ2) is 2.82. The summed E-state index contributed by atoms with van der Waals surface area (Å²) in [6.45, 7) is 4.14. The summed E-state index contributed by atoms with van der Waals surface area (Å²) in [5.41, 5.74) is 1.19. The van der Waals surface area contributed by atoms with Gasteiger partial charge in [0.05, 0.1) is 0 Å². The van der Waals surface area contributed by atoms with E-state index in [0.29, 0.717) is 5.92 Å². The van der Waals surface area contributed by atoms with Crippen LogP contribution in [0.3, 0.4) is 0 Å². The third kappa shape index (κ3) is 1.35. The van der Waals surface area contributed by atoms with E-state index < -0.39 is 0 Å². The molecule has 0 aromatic heterocycles. The van der Waals surface area contributed by atoms with E-state index in [4.69, 9.17) is 0 Å². The molecular weight excluding hydrogens is 124 g/mol. The lowest BCUT2D eigenvalue weighted by atomic mass is 9.92. The van der Waals surface area contributed by atoms with E-state index in [-0.39, 0.29) is 5.78 Å². The van der Waals surface area contributed by atoms with Crippen LogP contribution in [0.25, 0.3) is 0 Å². The zero-order valence-corrected chi connectivity index (χ0v) is 6.42. The Morgan fingerprint density at radius 1 is 1.60 bits per heavy atom. The molecule has 10 heavy (non-hydrogen) atoms.